The number of aromatic nitrogens is 4. The second-order valence-corrected chi connectivity index (χ2v) is 9.25. The van der Waals surface area contributed by atoms with Crippen LogP contribution < -0.4 is 5.56 Å². The molecule has 0 atom stereocenters. The van der Waals surface area contributed by atoms with Crippen LogP contribution in [0.15, 0.2) is 35.4 Å². The molecule has 0 bridgehead atoms. The van der Waals surface area contributed by atoms with Crippen molar-refractivity contribution in [1.29, 1.82) is 0 Å². The molecule has 0 aliphatic carbocycles. The van der Waals surface area contributed by atoms with Crippen molar-refractivity contribution in [2.24, 2.45) is 0 Å². The molecule has 2 aliphatic rings. The largest absolute Gasteiger partial charge is 0.339 e. The molecule has 3 aromatic rings. The molecule has 3 aromatic heterocycles. The highest BCUT2D eigenvalue weighted by Gasteiger charge is 2.28. The van der Waals surface area contributed by atoms with Gasteiger partial charge in [0.15, 0.2) is 5.65 Å². The van der Waals surface area contributed by atoms with Gasteiger partial charge in [0.2, 0.25) is 0 Å². The van der Waals surface area contributed by atoms with Gasteiger partial charge in [-0.25, -0.2) is 9.50 Å². The molecule has 1 fully saturated rings. The Hall–Kier alpha value is -3.00. The van der Waals surface area contributed by atoms with Crippen molar-refractivity contribution >= 4 is 11.6 Å². The first kappa shape index (κ1) is 21.8. The standard InChI is InChI=1S/C25H32N6O2/c1-3-19(4-2)30-13-9-21-20(16-30)25(33)31-23(27-21)14-22(28-31)17-7-11-29(12-8-17)24(32)18-6-5-10-26-15-18/h5-6,10,14-15,17,19,28H,3-4,7-9,11-13,16H2,1-2H3. The first-order valence-electron chi connectivity index (χ1n) is 12.2. The number of H-pyrrole nitrogens is 1. The molecule has 5 heterocycles. The molecule has 0 unspecified atom stereocenters. The summed E-state index contributed by atoms with van der Waals surface area (Å²) in [6.45, 7) is 7.45. The third kappa shape index (κ3) is 4.08. The summed E-state index contributed by atoms with van der Waals surface area (Å²) < 4.78 is 1.62. The monoisotopic (exact) mass is 448 g/mol. The minimum absolute atomic E-state index is 0.0288. The molecule has 174 valence electrons. The van der Waals surface area contributed by atoms with E-state index in [1.807, 2.05) is 17.0 Å². The number of aromatic amines is 1. The second kappa shape index (κ2) is 9.09. The van der Waals surface area contributed by atoms with Crippen LogP contribution in [0.1, 0.15) is 72.8 Å². The van der Waals surface area contributed by atoms with Crippen LogP contribution >= 0.6 is 0 Å². The average Bonchev–Trinajstić information content (AvgIpc) is 3.30. The molecular formula is C25H32N6O2. The summed E-state index contributed by atoms with van der Waals surface area (Å²) >= 11 is 0. The van der Waals surface area contributed by atoms with E-state index >= 15 is 0 Å². The molecule has 33 heavy (non-hydrogen) atoms. The fourth-order valence-electron chi connectivity index (χ4n) is 5.41. The second-order valence-electron chi connectivity index (χ2n) is 9.25. The van der Waals surface area contributed by atoms with Gasteiger partial charge in [-0.05, 0) is 37.8 Å². The Balaban J connectivity index is 1.33. The molecule has 2 aliphatic heterocycles. The van der Waals surface area contributed by atoms with Crippen molar-refractivity contribution in [2.45, 2.75) is 64.5 Å². The minimum Gasteiger partial charge on any atom is -0.339 e. The summed E-state index contributed by atoms with van der Waals surface area (Å²) in [5.74, 6) is 0.313. The number of likely N-dealkylation sites (tertiary alicyclic amines) is 1. The Labute approximate surface area is 193 Å². The molecule has 1 saturated heterocycles. The van der Waals surface area contributed by atoms with Gasteiger partial charge in [-0.15, -0.1) is 0 Å². The predicted molar refractivity (Wildman–Crippen MR) is 126 cm³/mol. The van der Waals surface area contributed by atoms with E-state index in [-0.39, 0.29) is 17.4 Å². The van der Waals surface area contributed by atoms with E-state index in [1.165, 1.54) is 0 Å². The highest BCUT2D eigenvalue weighted by Crippen LogP contribution is 2.28. The number of amides is 1. The summed E-state index contributed by atoms with van der Waals surface area (Å²) in [5.41, 5.74) is 4.18. The van der Waals surface area contributed by atoms with E-state index < -0.39 is 0 Å². The lowest BCUT2D eigenvalue weighted by molar-refractivity contribution is 0.0711. The molecule has 0 saturated carbocycles. The maximum Gasteiger partial charge on any atom is 0.277 e. The number of nitrogens with zero attached hydrogens (tertiary/aromatic N) is 5. The van der Waals surface area contributed by atoms with Crippen LogP contribution in [0.4, 0.5) is 0 Å². The predicted octanol–water partition coefficient (Wildman–Crippen LogP) is 2.98. The number of hydrogen-bond acceptors (Lipinski definition) is 5. The number of hydrogen-bond donors (Lipinski definition) is 1. The van der Waals surface area contributed by atoms with Crippen molar-refractivity contribution in [2.75, 3.05) is 19.6 Å². The molecule has 1 N–H and O–H groups in total. The quantitative estimate of drug-likeness (QED) is 0.649. The van der Waals surface area contributed by atoms with E-state index in [2.05, 4.69) is 28.8 Å². The maximum atomic E-state index is 13.3. The first-order chi connectivity index (χ1) is 16.1. The number of rotatable bonds is 5. The number of fused-ring (bicyclic) bond motifs is 2. The van der Waals surface area contributed by atoms with Crippen molar-refractivity contribution in [3.05, 3.63) is 63.5 Å². The van der Waals surface area contributed by atoms with Gasteiger partial charge in [-0.1, -0.05) is 13.8 Å². The number of nitrogens with one attached hydrogen (secondary N) is 1. The highest BCUT2D eigenvalue weighted by molar-refractivity contribution is 5.93. The lowest BCUT2D eigenvalue weighted by Crippen LogP contribution is -2.42. The Morgan fingerprint density at radius 1 is 1.21 bits per heavy atom. The molecule has 0 aromatic carbocycles. The molecular weight excluding hydrogens is 416 g/mol. The van der Waals surface area contributed by atoms with Gasteiger partial charge in [0, 0.05) is 68.7 Å². The number of piperidine rings is 1. The molecule has 1 amide bonds. The normalized spacial score (nSPS) is 17.6. The zero-order valence-corrected chi connectivity index (χ0v) is 19.5. The van der Waals surface area contributed by atoms with E-state index in [1.54, 1.807) is 23.0 Å². The topological polar surface area (TPSA) is 86.6 Å². The van der Waals surface area contributed by atoms with Crippen molar-refractivity contribution in [3.8, 4) is 0 Å². The Morgan fingerprint density at radius 3 is 2.70 bits per heavy atom. The van der Waals surface area contributed by atoms with E-state index in [0.717, 1.165) is 55.6 Å². The molecule has 5 rings (SSSR count). The minimum atomic E-state index is 0.0288. The van der Waals surface area contributed by atoms with Gasteiger partial charge in [-0.3, -0.25) is 24.6 Å². The molecule has 8 nitrogen and oxygen atoms in total. The van der Waals surface area contributed by atoms with Crippen LogP contribution in [0, 0.1) is 0 Å². The van der Waals surface area contributed by atoms with Gasteiger partial charge in [0.05, 0.1) is 16.8 Å². The fourth-order valence-corrected chi connectivity index (χ4v) is 5.41. The smallest absolute Gasteiger partial charge is 0.277 e. The number of carbonyl (C=O) groups is 1. The van der Waals surface area contributed by atoms with Gasteiger partial charge in [0.1, 0.15) is 0 Å². The van der Waals surface area contributed by atoms with E-state index in [9.17, 15) is 9.59 Å². The third-order valence-electron chi connectivity index (χ3n) is 7.40. The molecule has 0 radical (unpaired) electrons. The van der Waals surface area contributed by atoms with Gasteiger partial charge >= 0.3 is 0 Å². The van der Waals surface area contributed by atoms with Gasteiger partial charge in [0.25, 0.3) is 11.5 Å². The zero-order valence-electron chi connectivity index (χ0n) is 19.5. The number of carbonyl (C=O) groups excluding carboxylic acids is 1. The number of pyridine rings is 1. The average molecular weight is 449 g/mol. The van der Waals surface area contributed by atoms with E-state index in [4.69, 9.17) is 4.98 Å². The summed E-state index contributed by atoms with van der Waals surface area (Å²) in [5, 5.41) is 3.34. The van der Waals surface area contributed by atoms with Crippen molar-refractivity contribution in [3.63, 3.8) is 0 Å². The lowest BCUT2D eigenvalue weighted by Gasteiger charge is -2.33. The van der Waals surface area contributed by atoms with Crippen LogP contribution in [0.25, 0.3) is 5.65 Å². The summed E-state index contributed by atoms with van der Waals surface area (Å²) in [6, 6.07) is 6.14. The van der Waals surface area contributed by atoms with Gasteiger partial charge < -0.3 is 4.90 Å². The highest BCUT2D eigenvalue weighted by atomic mass is 16.2. The van der Waals surface area contributed by atoms with Crippen molar-refractivity contribution in [1.82, 2.24) is 29.4 Å². The zero-order chi connectivity index (χ0) is 22.9. The van der Waals surface area contributed by atoms with Crippen LogP contribution in [0.2, 0.25) is 0 Å². The van der Waals surface area contributed by atoms with Crippen LogP contribution in [0.5, 0.6) is 0 Å². The summed E-state index contributed by atoms with van der Waals surface area (Å²) in [4.78, 5) is 39.3. The maximum absolute atomic E-state index is 13.3. The first-order valence-corrected chi connectivity index (χ1v) is 12.2. The van der Waals surface area contributed by atoms with Crippen LogP contribution in [0.3, 0.4) is 0 Å². The van der Waals surface area contributed by atoms with Gasteiger partial charge in [-0.2, -0.15) is 0 Å². The summed E-state index contributed by atoms with van der Waals surface area (Å²) in [6.07, 6.45) is 8.03. The third-order valence-corrected chi connectivity index (χ3v) is 7.40. The molecule has 8 heteroatoms. The van der Waals surface area contributed by atoms with Crippen LogP contribution in [-0.2, 0) is 13.0 Å². The fraction of sp³-hybridized carbons (Fsp3) is 0.520. The Morgan fingerprint density at radius 2 is 2.00 bits per heavy atom. The lowest BCUT2D eigenvalue weighted by atomic mass is 9.93. The molecule has 0 spiro atoms. The Bertz CT molecular complexity index is 1190. The summed E-state index contributed by atoms with van der Waals surface area (Å²) in [7, 11) is 0. The Kier molecular flexibility index (Phi) is 6.01. The van der Waals surface area contributed by atoms with Crippen molar-refractivity contribution < 1.29 is 4.79 Å². The van der Waals surface area contributed by atoms with E-state index in [0.29, 0.717) is 36.9 Å². The SMILES string of the molecule is CCC(CC)N1CCc2nc3cc(C4CCN(C(=O)c5cccnc5)CC4)[nH]n3c(=O)c2C1. The van der Waals surface area contributed by atoms with Crippen LogP contribution in [-0.4, -0.2) is 61.0 Å².